The second-order valence-corrected chi connectivity index (χ2v) is 8.40. The molecule has 0 radical (unpaired) electrons. The summed E-state index contributed by atoms with van der Waals surface area (Å²) >= 11 is 6.44. The highest BCUT2D eigenvalue weighted by atomic mass is 35.5. The van der Waals surface area contributed by atoms with Gasteiger partial charge in [0.15, 0.2) is 0 Å². The molecule has 4 rings (SSSR count). The third kappa shape index (κ3) is 4.29. The summed E-state index contributed by atoms with van der Waals surface area (Å²) in [6.07, 6.45) is 4.37. The molecule has 5 heteroatoms. The van der Waals surface area contributed by atoms with Crippen LogP contribution in [0.5, 0.6) is 0 Å². The molecule has 2 aliphatic heterocycles. The van der Waals surface area contributed by atoms with Crippen molar-refractivity contribution in [1.82, 2.24) is 10.2 Å². The van der Waals surface area contributed by atoms with Gasteiger partial charge in [0.2, 0.25) is 0 Å². The molecule has 0 saturated heterocycles. The number of anilines is 1. The topological polar surface area (TPSA) is 53.3 Å². The van der Waals surface area contributed by atoms with E-state index in [4.69, 9.17) is 17.3 Å². The van der Waals surface area contributed by atoms with Crippen LogP contribution in [0.2, 0.25) is 5.02 Å². The number of nitrogens with zero attached hydrogens (tertiary/aromatic N) is 1. The molecule has 0 amide bonds. The average molecular weight is 409 g/mol. The molecular weight excluding hydrogens is 380 g/mol. The van der Waals surface area contributed by atoms with E-state index in [1.807, 2.05) is 31.2 Å². The number of benzene rings is 2. The Labute approximate surface area is 178 Å². The third-order valence-electron chi connectivity index (χ3n) is 5.81. The van der Waals surface area contributed by atoms with E-state index >= 15 is 0 Å². The molecule has 2 aromatic rings. The molecule has 0 fully saturated rings. The van der Waals surface area contributed by atoms with Crippen LogP contribution in [0.15, 0.2) is 54.2 Å². The van der Waals surface area contributed by atoms with Crippen molar-refractivity contribution in [3.8, 4) is 0 Å². The van der Waals surface area contributed by atoms with Gasteiger partial charge in [0.25, 0.3) is 0 Å². The highest BCUT2D eigenvalue weighted by Crippen LogP contribution is 2.36. The maximum atomic E-state index is 6.44. The number of likely N-dealkylation sites (N-methyl/N-ethyl adjacent to an activating group) is 1. The quantitative estimate of drug-likeness (QED) is 0.679. The fourth-order valence-corrected chi connectivity index (χ4v) is 4.36. The van der Waals surface area contributed by atoms with Gasteiger partial charge >= 0.3 is 0 Å². The molecule has 29 heavy (non-hydrogen) atoms. The van der Waals surface area contributed by atoms with Gasteiger partial charge in [0.05, 0.1) is 22.4 Å². The number of halogens is 1. The maximum Gasteiger partial charge on any atom is 0.0637 e. The summed E-state index contributed by atoms with van der Waals surface area (Å²) in [7, 11) is 2.17. The minimum absolute atomic E-state index is 0.154. The number of fused-ring (bicyclic) bond motifs is 1. The summed E-state index contributed by atoms with van der Waals surface area (Å²) in [5, 5.41) is 7.95. The SMILES string of the molecule is C/C(N)=C1/NCCC(Nc2ccccc2Cl)c2cc(C3=CCN(C)CC3)ccc21. The molecule has 2 aromatic carbocycles. The fourth-order valence-electron chi connectivity index (χ4n) is 4.17. The van der Waals surface area contributed by atoms with E-state index < -0.39 is 0 Å². The Morgan fingerprint density at radius 3 is 2.79 bits per heavy atom. The van der Waals surface area contributed by atoms with Crippen LogP contribution in [0.4, 0.5) is 5.69 Å². The number of nitrogens with one attached hydrogen (secondary N) is 2. The molecule has 0 aliphatic carbocycles. The molecule has 1 atom stereocenters. The Bertz CT molecular complexity index is 959. The van der Waals surface area contributed by atoms with E-state index in [1.165, 1.54) is 22.3 Å². The average Bonchev–Trinajstić information content (AvgIpc) is 2.89. The van der Waals surface area contributed by atoms with E-state index in [0.717, 1.165) is 54.6 Å². The van der Waals surface area contributed by atoms with E-state index in [9.17, 15) is 0 Å². The van der Waals surface area contributed by atoms with Crippen LogP contribution < -0.4 is 16.4 Å². The van der Waals surface area contributed by atoms with Crippen molar-refractivity contribution in [2.24, 2.45) is 5.73 Å². The highest BCUT2D eigenvalue weighted by molar-refractivity contribution is 6.33. The fraction of sp³-hybridized carbons (Fsp3) is 0.333. The molecule has 0 saturated carbocycles. The summed E-state index contributed by atoms with van der Waals surface area (Å²) in [5.41, 5.74) is 14.2. The first kappa shape index (κ1) is 19.9. The highest BCUT2D eigenvalue weighted by Gasteiger charge is 2.24. The minimum Gasteiger partial charge on any atom is -0.401 e. The van der Waals surface area contributed by atoms with Gasteiger partial charge in [-0.2, -0.15) is 0 Å². The first-order valence-corrected chi connectivity index (χ1v) is 10.6. The van der Waals surface area contributed by atoms with E-state index in [2.05, 4.69) is 46.9 Å². The van der Waals surface area contributed by atoms with Gasteiger partial charge in [-0.25, -0.2) is 0 Å². The van der Waals surface area contributed by atoms with Crippen molar-refractivity contribution in [2.45, 2.75) is 25.8 Å². The van der Waals surface area contributed by atoms with E-state index in [0.29, 0.717) is 0 Å². The molecule has 1 unspecified atom stereocenters. The molecular formula is C24H29ClN4. The standard InChI is InChI=1S/C24H29ClN4/c1-16(26)24-19-8-7-18(17-10-13-29(2)14-11-17)15-20(19)22(9-12-27-24)28-23-6-4-3-5-21(23)25/h3-8,10,15,22,27-28H,9,11-14,26H2,1-2H3/b24-16-. The van der Waals surface area contributed by atoms with Crippen molar-refractivity contribution < 1.29 is 0 Å². The van der Waals surface area contributed by atoms with Crippen LogP contribution in [-0.2, 0) is 0 Å². The third-order valence-corrected chi connectivity index (χ3v) is 6.14. The predicted molar refractivity (Wildman–Crippen MR) is 124 cm³/mol. The monoisotopic (exact) mass is 408 g/mol. The first-order valence-electron chi connectivity index (χ1n) is 10.3. The minimum atomic E-state index is 0.154. The Morgan fingerprint density at radius 1 is 1.24 bits per heavy atom. The van der Waals surface area contributed by atoms with Gasteiger partial charge in [-0.3, -0.25) is 0 Å². The van der Waals surface area contributed by atoms with Crippen LogP contribution in [0.3, 0.4) is 0 Å². The largest absolute Gasteiger partial charge is 0.401 e. The Hall–Kier alpha value is -2.43. The second kappa shape index (κ2) is 8.52. The number of para-hydroxylation sites is 1. The number of hydrogen-bond donors (Lipinski definition) is 3. The van der Waals surface area contributed by atoms with Crippen molar-refractivity contribution in [3.05, 3.63) is 76.0 Å². The summed E-state index contributed by atoms with van der Waals surface area (Å²) in [6.45, 7) is 4.91. The van der Waals surface area contributed by atoms with Gasteiger partial charge in [-0.05, 0) is 61.7 Å². The normalized spacial score (nSPS) is 21.5. The lowest BCUT2D eigenvalue weighted by Gasteiger charge is -2.25. The molecule has 4 N–H and O–H groups in total. The summed E-state index contributed by atoms with van der Waals surface area (Å²) in [4.78, 5) is 2.34. The Kier molecular flexibility index (Phi) is 5.84. The van der Waals surface area contributed by atoms with Gasteiger partial charge in [0, 0.05) is 30.9 Å². The van der Waals surface area contributed by atoms with Gasteiger partial charge < -0.3 is 21.3 Å². The predicted octanol–water partition coefficient (Wildman–Crippen LogP) is 4.85. The van der Waals surface area contributed by atoms with Crippen LogP contribution in [0.1, 0.15) is 42.5 Å². The van der Waals surface area contributed by atoms with Gasteiger partial charge in [0.1, 0.15) is 0 Å². The van der Waals surface area contributed by atoms with Crippen molar-refractivity contribution in [1.29, 1.82) is 0 Å². The van der Waals surface area contributed by atoms with E-state index in [1.54, 1.807) is 0 Å². The van der Waals surface area contributed by atoms with Gasteiger partial charge in [-0.1, -0.05) is 41.9 Å². The van der Waals surface area contributed by atoms with Crippen LogP contribution in [0.25, 0.3) is 11.3 Å². The summed E-state index contributed by atoms with van der Waals surface area (Å²) < 4.78 is 0. The molecule has 2 heterocycles. The van der Waals surface area contributed by atoms with Crippen molar-refractivity contribution in [2.75, 3.05) is 32.0 Å². The Balaban J connectivity index is 1.77. The molecule has 2 aliphatic rings. The summed E-state index contributed by atoms with van der Waals surface area (Å²) in [5.74, 6) is 0. The maximum absolute atomic E-state index is 6.44. The zero-order valence-electron chi connectivity index (χ0n) is 17.1. The van der Waals surface area contributed by atoms with Gasteiger partial charge in [-0.15, -0.1) is 0 Å². The number of allylic oxidation sites excluding steroid dienone is 1. The number of hydrogen-bond acceptors (Lipinski definition) is 4. The van der Waals surface area contributed by atoms with Crippen molar-refractivity contribution >= 4 is 28.6 Å². The molecule has 0 aromatic heterocycles. The molecule has 152 valence electrons. The first-order chi connectivity index (χ1) is 14.0. The summed E-state index contributed by atoms with van der Waals surface area (Å²) in [6, 6.07) is 14.9. The second-order valence-electron chi connectivity index (χ2n) is 7.99. The number of rotatable bonds is 3. The lowest BCUT2D eigenvalue weighted by Crippen LogP contribution is -2.23. The van der Waals surface area contributed by atoms with Crippen LogP contribution in [-0.4, -0.2) is 31.6 Å². The molecule has 0 spiro atoms. The van der Waals surface area contributed by atoms with E-state index in [-0.39, 0.29) is 6.04 Å². The molecule has 0 bridgehead atoms. The zero-order valence-corrected chi connectivity index (χ0v) is 17.9. The zero-order chi connectivity index (χ0) is 20.4. The van der Waals surface area contributed by atoms with Crippen molar-refractivity contribution in [3.63, 3.8) is 0 Å². The lowest BCUT2D eigenvalue weighted by atomic mass is 9.90. The van der Waals surface area contributed by atoms with Crippen LogP contribution >= 0.6 is 11.6 Å². The molecule has 4 nitrogen and oxygen atoms in total. The Morgan fingerprint density at radius 2 is 2.07 bits per heavy atom. The number of nitrogens with two attached hydrogens (primary N) is 1. The smallest absolute Gasteiger partial charge is 0.0637 e. The lowest BCUT2D eigenvalue weighted by molar-refractivity contribution is 0.370. The van der Waals surface area contributed by atoms with Crippen LogP contribution in [0, 0.1) is 0 Å².